The highest BCUT2D eigenvalue weighted by atomic mass is 79.9. The van der Waals surface area contributed by atoms with E-state index < -0.39 is 0 Å². The van der Waals surface area contributed by atoms with E-state index in [4.69, 9.17) is 5.73 Å². The van der Waals surface area contributed by atoms with Gasteiger partial charge in [0.15, 0.2) is 0 Å². The highest BCUT2D eigenvalue weighted by Crippen LogP contribution is 2.35. The van der Waals surface area contributed by atoms with Crippen molar-refractivity contribution < 1.29 is 4.39 Å². The van der Waals surface area contributed by atoms with E-state index in [1.165, 1.54) is 6.07 Å². The van der Waals surface area contributed by atoms with Crippen LogP contribution in [-0.2, 0) is 5.75 Å². The van der Waals surface area contributed by atoms with Gasteiger partial charge in [0.1, 0.15) is 5.82 Å². The largest absolute Gasteiger partial charge is 0.323 e. The molecule has 70 valence electrons. The van der Waals surface area contributed by atoms with E-state index in [1.54, 1.807) is 17.8 Å². The SMILES string of the molecule is NC1CSCc2c1ccc(F)c2Br. The zero-order valence-electron chi connectivity index (χ0n) is 6.89. The van der Waals surface area contributed by atoms with Crippen molar-refractivity contribution >= 4 is 27.7 Å². The maximum atomic E-state index is 13.1. The zero-order valence-corrected chi connectivity index (χ0v) is 9.29. The summed E-state index contributed by atoms with van der Waals surface area (Å²) < 4.78 is 13.7. The fraction of sp³-hybridized carbons (Fsp3) is 0.333. The summed E-state index contributed by atoms with van der Waals surface area (Å²) in [4.78, 5) is 0. The van der Waals surface area contributed by atoms with E-state index in [-0.39, 0.29) is 11.9 Å². The van der Waals surface area contributed by atoms with Crippen LogP contribution in [0.25, 0.3) is 0 Å². The van der Waals surface area contributed by atoms with Crippen LogP contribution in [0.4, 0.5) is 4.39 Å². The summed E-state index contributed by atoms with van der Waals surface area (Å²) in [5.74, 6) is 1.57. The van der Waals surface area contributed by atoms with Gasteiger partial charge in [-0.3, -0.25) is 0 Å². The van der Waals surface area contributed by atoms with Crippen molar-refractivity contribution in [1.29, 1.82) is 0 Å². The fourth-order valence-corrected chi connectivity index (χ4v) is 3.23. The minimum absolute atomic E-state index is 0.0469. The number of fused-ring (bicyclic) bond motifs is 1. The molecule has 0 aliphatic carbocycles. The second kappa shape index (κ2) is 3.59. The van der Waals surface area contributed by atoms with Crippen molar-refractivity contribution in [3.8, 4) is 0 Å². The lowest BCUT2D eigenvalue weighted by molar-refractivity contribution is 0.616. The molecule has 0 spiro atoms. The Morgan fingerprint density at radius 1 is 1.54 bits per heavy atom. The van der Waals surface area contributed by atoms with Crippen LogP contribution in [0.15, 0.2) is 16.6 Å². The van der Waals surface area contributed by atoms with Gasteiger partial charge in [0.2, 0.25) is 0 Å². The Kier molecular flexibility index (Phi) is 2.62. The second-order valence-corrected chi connectivity index (χ2v) is 4.87. The van der Waals surface area contributed by atoms with Gasteiger partial charge in [0.25, 0.3) is 0 Å². The van der Waals surface area contributed by atoms with Gasteiger partial charge in [-0.25, -0.2) is 4.39 Å². The van der Waals surface area contributed by atoms with Crippen LogP contribution in [-0.4, -0.2) is 5.75 Å². The first-order valence-corrected chi connectivity index (χ1v) is 5.95. The Bertz CT molecular complexity index is 343. The number of hydrogen-bond acceptors (Lipinski definition) is 2. The van der Waals surface area contributed by atoms with Gasteiger partial charge in [-0.2, -0.15) is 11.8 Å². The van der Waals surface area contributed by atoms with Crippen LogP contribution in [0.5, 0.6) is 0 Å². The minimum atomic E-state index is -0.201. The lowest BCUT2D eigenvalue weighted by Crippen LogP contribution is -2.19. The topological polar surface area (TPSA) is 26.0 Å². The number of nitrogens with two attached hydrogens (primary N) is 1. The molecule has 0 fully saturated rings. The third kappa shape index (κ3) is 1.63. The van der Waals surface area contributed by atoms with Gasteiger partial charge >= 0.3 is 0 Å². The maximum absolute atomic E-state index is 13.1. The summed E-state index contributed by atoms with van der Waals surface area (Å²) in [6.07, 6.45) is 0. The van der Waals surface area contributed by atoms with Crippen molar-refractivity contribution in [3.05, 3.63) is 33.5 Å². The number of thioether (sulfide) groups is 1. The third-order valence-electron chi connectivity index (χ3n) is 2.18. The summed E-state index contributed by atoms with van der Waals surface area (Å²) >= 11 is 5.00. The maximum Gasteiger partial charge on any atom is 0.137 e. The fourth-order valence-electron chi connectivity index (χ4n) is 1.48. The van der Waals surface area contributed by atoms with E-state index in [9.17, 15) is 4.39 Å². The average molecular weight is 262 g/mol. The standard InChI is InChI=1S/C9H9BrFNS/c10-9-6-3-13-4-8(12)5(6)1-2-7(9)11/h1-2,8H,3-4,12H2. The van der Waals surface area contributed by atoms with E-state index in [0.717, 1.165) is 22.6 Å². The molecule has 1 unspecified atom stereocenters. The predicted octanol–water partition coefficient (Wildman–Crippen LogP) is 2.83. The molecule has 0 aromatic heterocycles. The molecule has 0 saturated carbocycles. The summed E-state index contributed by atoms with van der Waals surface area (Å²) in [6.45, 7) is 0. The smallest absolute Gasteiger partial charge is 0.137 e. The number of hydrogen-bond donors (Lipinski definition) is 1. The quantitative estimate of drug-likeness (QED) is 0.778. The number of halogens is 2. The molecular weight excluding hydrogens is 253 g/mol. The molecule has 1 aliphatic heterocycles. The first-order valence-electron chi connectivity index (χ1n) is 4.00. The van der Waals surface area contributed by atoms with Crippen LogP contribution >= 0.6 is 27.7 Å². The molecule has 0 bridgehead atoms. The number of benzene rings is 1. The molecule has 2 rings (SSSR count). The van der Waals surface area contributed by atoms with Gasteiger partial charge in [-0.1, -0.05) is 6.07 Å². The van der Waals surface area contributed by atoms with Crippen LogP contribution in [0, 0.1) is 5.82 Å². The second-order valence-electron chi connectivity index (χ2n) is 3.05. The Balaban J connectivity index is 2.56. The molecule has 1 aromatic carbocycles. The van der Waals surface area contributed by atoms with Crippen molar-refractivity contribution in [2.45, 2.75) is 11.8 Å². The molecule has 1 atom stereocenters. The molecule has 13 heavy (non-hydrogen) atoms. The molecular formula is C9H9BrFNS. The summed E-state index contributed by atoms with van der Waals surface area (Å²) in [7, 11) is 0. The first kappa shape index (κ1) is 9.49. The third-order valence-corrected chi connectivity index (χ3v) is 4.12. The monoisotopic (exact) mass is 261 g/mol. The Morgan fingerprint density at radius 3 is 3.08 bits per heavy atom. The minimum Gasteiger partial charge on any atom is -0.323 e. The normalized spacial score (nSPS) is 21.3. The van der Waals surface area contributed by atoms with Crippen LogP contribution < -0.4 is 5.73 Å². The zero-order chi connectivity index (χ0) is 9.42. The lowest BCUT2D eigenvalue weighted by Gasteiger charge is -2.22. The van der Waals surface area contributed by atoms with E-state index in [2.05, 4.69) is 15.9 Å². The van der Waals surface area contributed by atoms with Crippen LogP contribution in [0.2, 0.25) is 0 Å². The van der Waals surface area contributed by atoms with Gasteiger partial charge in [0, 0.05) is 17.5 Å². The predicted molar refractivity (Wildman–Crippen MR) is 57.2 cm³/mol. The first-order chi connectivity index (χ1) is 6.20. The molecule has 0 amide bonds. The van der Waals surface area contributed by atoms with Crippen molar-refractivity contribution in [2.24, 2.45) is 5.73 Å². The van der Waals surface area contributed by atoms with E-state index >= 15 is 0 Å². The van der Waals surface area contributed by atoms with Crippen molar-refractivity contribution in [3.63, 3.8) is 0 Å². The Labute approximate surface area is 89.0 Å². The number of rotatable bonds is 0. The van der Waals surface area contributed by atoms with Gasteiger partial charge in [-0.05, 0) is 33.1 Å². The van der Waals surface area contributed by atoms with Crippen molar-refractivity contribution in [1.82, 2.24) is 0 Å². The van der Waals surface area contributed by atoms with Gasteiger partial charge < -0.3 is 5.73 Å². The summed E-state index contributed by atoms with van der Waals surface area (Å²) in [6, 6.07) is 3.31. The average Bonchev–Trinajstić information content (AvgIpc) is 2.12. The van der Waals surface area contributed by atoms with Crippen molar-refractivity contribution in [2.75, 3.05) is 5.75 Å². The Morgan fingerprint density at radius 2 is 2.31 bits per heavy atom. The molecule has 1 aliphatic rings. The summed E-state index contributed by atoms with van der Waals surface area (Å²) in [5.41, 5.74) is 7.99. The highest BCUT2D eigenvalue weighted by Gasteiger charge is 2.20. The molecule has 2 N–H and O–H groups in total. The van der Waals surface area contributed by atoms with Gasteiger partial charge in [-0.15, -0.1) is 0 Å². The summed E-state index contributed by atoms with van der Waals surface area (Å²) in [5, 5.41) is 0. The molecule has 1 nitrogen and oxygen atoms in total. The molecule has 1 heterocycles. The Hall–Kier alpha value is -0.0600. The lowest BCUT2D eigenvalue weighted by atomic mass is 10.0. The highest BCUT2D eigenvalue weighted by molar-refractivity contribution is 9.10. The molecule has 1 aromatic rings. The van der Waals surface area contributed by atoms with Crippen LogP contribution in [0.1, 0.15) is 17.2 Å². The molecule has 4 heteroatoms. The molecule has 0 radical (unpaired) electrons. The van der Waals surface area contributed by atoms with Crippen LogP contribution in [0.3, 0.4) is 0 Å². The van der Waals surface area contributed by atoms with E-state index in [0.29, 0.717) is 4.47 Å². The van der Waals surface area contributed by atoms with E-state index in [1.807, 2.05) is 0 Å². The molecule has 0 saturated heterocycles. The van der Waals surface area contributed by atoms with Gasteiger partial charge in [0.05, 0.1) is 4.47 Å².